The Morgan fingerprint density at radius 2 is 1.46 bits per heavy atom. The van der Waals surface area contributed by atoms with Crippen molar-refractivity contribution < 1.29 is 61.0 Å². The first-order valence-corrected chi connectivity index (χ1v) is 16.5. The number of fused-ring (bicyclic) bond motifs is 4. The largest absolute Gasteiger partial charge is 0.491 e. The number of allylic oxidation sites excluding steroid dienone is 2. The monoisotopic (exact) mass is 764 g/mol. The van der Waals surface area contributed by atoms with Gasteiger partial charge in [-0.3, -0.25) is 24.1 Å². The standard InChI is InChI=1S/C34H24BCl2F5N2O8/c36-33-13-20-18(8-9-19-21(20)30(47)43(29(19)46)16-3-1-2-15(12-16)35(50)51)22(14-4-6-17(7-5-14)52-11-10-45)34(33,37)32(49)44(31(33)48)28-26(41)24(39)23(38)25(40)27(28)42/h1-8,12,19-22,45,50-51H,9-11,13H2/t19-,20+,21-,22-,33+,34-/m0/s1. The van der Waals surface area contributed by atoms with Crippen molar-refractivity contribution in [1.82, 2.24) is 0 Å². The lowest BCUT2D eigenvalue weighted by Gasteiger charge is -2.50. The molecule has 4 aliphatic rings. The highest BCUT2D eigenvalue weighted by Gasteiger charge is 2.77. The summed E-state index contributed by atoms with van der Waals surface area (Å²) in [7, 11) is -1.93. The highest BCUT2D eigenvalue weighted by Crippen LogP contribution is 2.66. The molecule has 2 heterocycles. The van der Waals surface area contributed by atoms with Crippen molar-refractivity contribution in [2.75, 3.05) is 23.0 Å². The van der Waals surface area contributed by atoms with Crippen LogP contribution in [0.4, 0.5) is 33.3 Å². The predicted octanol–water partition coefficient (Wildman–Crippen LogP) is 3.20. The Morgan fingerprint density at radius 1 is 0.827 bits per heavy atom. The number of hydrogen-bond acceptors (Lipinski definition) is 8. The molecular weight excluding hydrogens is 741 g/mol. The molecule has 3 fully saturated rings. The Hall–Kier alpha value is -4.35. The fourth-order valence-corrected chi connectivity index (χ4v) is 8.87. The minimum Gasteiger partial charge on any atom is -0.491 e. The predicted molar refractivity (Wildman–Crippen MR) is 174 cm³/mol. The summed E-state index contributed by atoms with van der Waals surface area (Å²) in [6.07, 6.45) is 0.784. The lowest BCUT2D eigenvalue weighted by atomic mass is 9.56. The third-order valence-electron chi connectivity index (χ3n) is 10.2. The first-order chi connectivity index (χ1) is 24.6. The quantitative estimate of drug-likeness (QED) is 0.0634. The van der Waals surface area contributed by atoms with Crippen molar-refractivity contribution in [3.05, 3.63) is 94.8 Å². The maximum atomic E-state index is 15.2. The van der Waals surface area contributed by atoms with Crippen molar-refractivity contribution in [3.63, 3.8) is 0 Å². The first kappa shape index (κ1) is 36.0. The van der Waals surface area contributed by atoms with Gasteiger partial charge in [0.2, 0.25) is 17.6 Å². The van der Waals surface area contributed by atoms with Gasteiger partial charge >= 0.3 is 7.12 Å². The van der Waals surface area contributed by atoms with E-state index >= 15 is 8.78 Å². The van der Waals surface area contributed by atoms with Crippen LogP contribution in [-0.4, -0.2) is 68.9 Å². The van der Waals surface area contributed by atoms with Crippen LogP contribution in [0, 0.1) is 46.8 Å². The maximum Gasteiger partial charge on any atom is 0.488 e. The number of rotatable bonds is 7. The van der Waals surface area contributed by atoms with E-state index in [2.05, 4.69) is 0 Å². The number of halogens is 7. The van der Waals surface area contributed by atoms with Gasteiger partial charge in [0.25, 0.3) is 11.8 Å². The van der Waals surface area contributed by atoms with E-state index in [1.165, 1.54) is 48.5 Å². The number of imide groups is 2. The molecule has 0 aromatic heterocycles. The fourth-order valence-electron chi connectivity index (χ4n) is 7.94. The van der Waals surface area contributed by atoms with Gasteiger partial charge in [0.15, 0.2) is 33.0 Å². The second kappa shape index (κ2) is 12.7. The number of aliphatic hydroxyl groups excluding tert-OH is 1. The van der Waals surface area contributed by atoms with Gasteiger partial charge in [-0.2, -0.15) is 0 Å². The fraction of sp³-hybridized carbons (Fsp3) is 0.294. The van der Waals surface area contributed by atoms with Crippen LogP contribution >= 0.6 is 23.2 Å². The number of carbonyl (C=O) groups excluding carboxylic acids is 4. The molecule has 10 nitrogen and oxygen atoms in total. The van der Waals surface area contributed by atoms with E-state index < -0.39 is 105 Å². The molecule has 1 saturated carbocycles. The van der Waals surface area contributed by atoms with E-state index in [9.17, 15) is 42.4 Å². The molecule has 0 unspecified atom stereocenters. The Balaban J connectivity index is 1.39. The first-order valence-electron chi connectivity index (χ1n) is 15.8. The number of hydrogen-bond donors (Lipinski definition) is 3. The van der Waals surface area contributed by atoms with E-state index in [1.54, 1.807) is 6.08 Å². The Morgan fingerprint density at radius 3 is 2.08 bits per heavy atom. The number of nitrogens with zero attached hydrogens (tertiary/aromatic N) is 2. The van der Waals surface area contributed by atoms with E-state index in [-0.39, 0.29) is 52.6 Å². The van der Waals surface area contributed by atoms with E-state index in [0.717, 1.165) is 4.90 Å². The summed E-state index contributed by atoms with van der Waals surface area (Å²) in [4.78, 5) is 52.0. The zero-order valence-corrected chi connectivity index (χ0v) is 27.8. The van der Waals surface area contributed by atoms with E-state index in [0.29, 0.717) is 0 Å². The van der Waals surface area contributed by atoms with Crippen LogP contribution in [0.2, 0.25) is 0 Å². The molecule has 2 aliphatic heterocycles. The summed E-state index contributed by atoms with van der Waals surface area (Å²) >= 11 is 14.2. The van der Waals surface area contributed by atoms with Gasteiger partial charge in [0, 0.05) is 5.92 Å². The molecule has 3 aromatic rings. The van der Waals surface area contributed by atoms with Gasteiger partial charge in [-0.1, -0.05) is 35.9 Å². The van der Waals surface area contributed by atoms with Gasteiger partial charge < -0.3 is 19.9 Å². The SMILES string of the molecule is O=C1[C@H]2[C@H](CC=C3[C@H]2C[C@@]2(Cl)C(=O)N(c4c(F)c(F)c(F)c(F)c4F)C(=O)[C@@]2(Cl)[C@H]3c2ccc(OCCO)cc2)C(=O)N1c1cccc(B(O)O)c1. The zero-order chi connectivity index (χ0) is 37.6. The second-order valence-corrected chi connectivity index (χ2v) is 14.1. The summed E-state index contributed by atoms with van der Waals surface area (Å²) in [5, 5.41) is 28.5. The number of carbonyl (C=O) groups is 4. The number of benzene rings is 3. The third-order valence-corrected chi connectivity index (χ3v) is 11.6. The van der Waals surface area contributed by atoms with Crippen molar-refractivity contribution >= 4 is 70.8 Å². The van der Waals surface area contributed by atoms with Gasteiger partial charge in [0.05, 0.1) is 24.1 Å². The van der Waals surface area contributed by atoms with E-state index in [4.69, 9.17) is 33.0 Å². The molecule has 0 radical (unpaired) electrons. The Labute approximate surface area is 301 Å². The molecule has 3 aromatic carbocycles. The maximum absolute atomic E-state index is 15.2. The average molecular weight is 765 g/mol. The molecular formula is C34H24BCl2F5N2O8. The lowest BCUT2D eigenvalue weighted by Crippen LogP contribution is -2.60. The molecule has 6 atom stereocenters. The molecule has 2 aliphatic carbocycles. The average Bonchev–Trinajstić information content (AvgIpc) is 3.47. The number of ether oxygens (including phenoxy) is 1. The molecule has 270 valence electrons. The minimum absolute atomic E-state index is 0.0132. The van der Waals surface area contributed by atoms with Crippen LogP contribution in [0.3, 0.4) is 0 Å². The van der Waals surface area contributed by atoms with Crippen LogP contribution in [0.25, 0.3) is 0 Å². The lowest BCUT2D eigenvalue weighted by molar-refractivity contribution is -0.125. The minimum atomic E-state index is -2.69. The van der Waals surface area contributed by atoms with Crippen LogP contribution in [-0.2, 0) is 19.2 Å². The van der Waals surface area contributed by atoms with Crippen LogP contribution in [0.1, 0.15) is 24.3 Å². The number of alkyl halides is 2. The summed E-state index contributed by atoms with van der Waals surface area (Å²) in [5.41, 5.74) is -1.47. The molecule has 4 amide bonds. The molecule has 18 heteroatoms. The van der Waals surface area contributed by atoms with Crippen LogP contribution in [0.5, 0.6) is 5.75 Å². The topological polar surface area (TPSA) is 145 Å². The van der Waals surface area contributed by atoms with Crippen molar-refractivity contribution in [2.45, 2.75) is 28.5 Å². The number of amides is 4. The molecule has 0 spiro atoms. The van der Waals surface area contributed by atoms with Crippen molar-refractivity contribution in [1.29, 1.82) is 0 Å². The smallest absolute Gasteiger partial charge is 0.488 e. The third kappa shape index (κ3) is 4.88. The highest BCUT2D eigenvalue weighted by molar-refractivity contribution is 6.59. The summed E-state index contributed by atoms with van der Waals surface area (Å²) in [6.45, 7) is -0.403. The molecule has 52 heavy (non-hydrogen) atoms. The normalized spacial score (nSPS) is 28.2. The summed E-state index contributed by atoms with van der Waals surface area (Å²) < 4.78 is 78.8. The molecule has 0 bridgehead atoms. The van der Waals surface area contributed by atoms with Crippen molar-refractivity contribution in [3.8, 4) is 5.75 Å². The Bertz CT molecular complexity index is 2080. The van der Waals surface area contributed by atoms with Gasteiger partial charge in [-0.15, -0.1) is 23.2 Å². The highest BCUT2D eigenvalue weighted by atomic mass is 35.5. The number of anilines is 2. The molecule has 7 rings (SSSR count). The Kier molecular flexibility index (Phi) is 8.77. The van der Waals surface area contributed by atoms with Crippen molar-refractivity contribution in [2.24, 2.45) is 17.8 Å². The van der Waals surface area contributed by atoms with Gasteiger partial charge in [-0.25, -0.2) is 26.9 Å². The summed E-state index contributed by atoms with van der Waals surface area (Å²) in [5.74, 6) is -21.7. The van der Waals surface area contributed by atoms with Gasteiger partial charge in [0.1, 0.15) is 18.0 Å². The van der Waals surface area contributed by atoms with Gasteiger partial charge in [-0.05, 0) is 54.1 Å². The van der Waals surface area contributed by atoms with Crippen LogP contribution < -0.4 is 20.0 Å². The molecule has 2 saturated heterocycles. The zero-order valence-electron chi connectivity index (χ0n) is 26.3. The second-order valence-electron chi connectivity index (χ2n) is 12.8. The molecule has 3 N–H and O–H groups in total. The summed E-state index contributed by atoms with van der Waals surface area (Å²) in [6, 6.07) is 11.1. The van der Waals surface area contributed by atoms with E-state index in [1.807, 2.05) is 0 Å². The number of aliphatic hydroxyl groups is 1. The van der Waals surface area contributed by atoms with Crippen LogP contribution in [0.15, 0.2) is 60.2 Å².